The number of aldehydes is 1. The molecule has 0 amide bonds. The fourth-order valence-corrected chi connectivity index (χ4v) is 2.92. The zero-order valence-electron chi connectivity index (χ0n) is 10.4. The summed E-state index contributed by atoms with van der Waals surface area (Å²) < 4.78 is 0. The van der Waals surface area contributed by atoms with Crippen LogP contribution in [0.5, 0.6) is 0 Å². The molecular weight excluding hydrogens is 202 g/mol. The second kappa shape index (κ2) is 5.25. The average Bonchev–Trinajstić information content (AvgIpc) is 2.73. The average molecular weight is 225 g/mol. The van der Waals surface area contributed by atoms with Gasteiger partial charge in [0.05, 0.1) is 0 Å². The highest BCUT2D eigenvalue weighted by Crippen LogP contribution is 2.21. The number of rotatable bonds is 3. The maximum atomic E-state index is 11.3. The lowest BCUT2D eigenvalue weighted by molar-refractivity contribution is -0.117. The van der Waals surface area contributed by atoms with Crippen molar-refractivity contribution in [1.29, 1.82) is 0 Å². The summed E-state index contributed by atoms with van der Waals surface area (Å²) >= 11 is 0. The molecule has 2 unspecified atom stereocenters. The minimum absolute atomic E-state index is 0.00454. The third-order valence-corrected chi connectivity index (χ3v) is 3.82. The lowest BCUT2D eigenvalue weighted by Gasteiger charge is -2.36. The highest BCUT2D eigenvalue weighted by molar-refractivity contribution is 5.57. The topological polar surface area (TPSA) is 35.6 Å². The quantitative estimate of drug-likeness (QED) is 0.700. The minimum atomic E-state index is 0.00454. The SMILES string of the molecule is CC(C)N1CCN(C2CCCNC2)C1C=O. The third-order valence-electron chi connectivity index (χ3n) is 3.82. The molecule has 0 radical (unpaired) electrons. The molecule has 16 heavy (non-hydrogen) atoms. The fraction of sp³-hybridized carbons (Fsp3) is 0.917. The van der Waals surface area contributed by atoms with Gasteiger partial charge in [-0.3, -0.25) is 9.80 Å². The van der Waals surface area contributed by atoms with Gasteiger partial charge in [-0.1, -0.05) is 0 Å². The van der Waals surface area contributed by atoms with Crippen LogP contribution in [0.3, 0.4) is 0 Å². The first-order valence-electron chi connectivity index (χ1n) is 6.41. The van der Waals surface area contributed by atoms with E-state index >= 15 is 0 Å². The van der Waals surface area contributed by atoms with Gasteiger partial charge in [0.15, 0.2) is 6.29 Å². The number of carbonyl (C=O) groups excluding carboxylic acids is 1. The largest absolute Gasteiger partial charge is 0.315 e. The number of nitrogens with one attached hydrogen (secondary N) is 1. The number of carbonyl (C=O) groups is 1. The van der Waals surface area contributed by atoms with Crippen molar-refractivity contribution in [2.45, 2.75) is 44.9 Å². The molecule has 0 saturated carbocycles. The first-order valence-corrected chi connectivity index (χ1v) is 6.41. The summed E-state index contributed by atoms with van der Waals surface area (Å²) in [5.74, 6) is 0. The Morgan fingerprint density at radius 1 is 1.38 bits per heavy atom. The maximum Gasteiger partial charge on any atom is 0.151 e. The summed E-state index contributed by atoms with van der Waals surface area (Å²) in [6.07, 6.45) is 3.57. The Hall–Kier alpha value is -0.450. The second-order valence-corrected chi connectivity index (χ2v) is 5.12. The summed E-state index contributed by atoms with van der Waals surface area (Å²) in [5, 5.41) is 3.42. The number of hydrogen-bond donors (Lipinski definition) is 1. The van der Waals surface area contributed by atoms with E-state index in [0.717, 1.165) is 32.5 Å². The van der Waals surface area contributed by atoms with Gasteiger partial charge in [-0.25, -0.2) is 0 Å². The second-order valence-electron chi connectivity index (χ2n) is 5.12. The maximum absolute atomic E-state index is 11.3. The van der Waals surface area contributed by atoms with Gasteiger partial charge in [0.25, 0.3) is 0 Å². The van der Waals surface area contributed by atoms with Crippen LogP contribution in [0.1, 0.15) is 26.7 Å². The van der Waals surface area contributed by atoms with E-state index in [0.29, 0.717) is 12.1 Å². The molecule has 4 nitrogen and oxygen atoms in total. The highest BCUT2D eigenvalue weighted by Gasteiger charge is 2.37. The first kappa shape index (κ1) is 12.0. The highest BCUT2D eigenvalue weighted by atomic mass is 16.1. The van der Waals surface area contributed by atoms with Crippen LogP contribution >= 0.6 is 0 Å². The number of nitrogens with zero attached hydrogens (tertiary/aromatic N) is 2. The van der Waals surface area contributed by atoms with Crippen molar-refractivity contribution in [2.75, 3.05) is 26.2 Å². The van der Waals surface area contributed by atoms with Gasteiger partial charge in [0.1, 0.15) is 6.17 Å². The van der Waals surface area contributed by atoms with E-state index < -0.39 is 0 Å². The Balaban J connectivity index is 2.01. The van der Waals surface area contributed by atoms with Gasteiger partial charge in [-0.2, -0.15) is 0 Å². The Morgan fingerprint density at radius 3 is 2.75 bits per heavy atom. The van der Waals surface area contributed by atoms with Crippen molar-refractivity contribution in [3.05, 3.63) is 0 Å². The van der Waals surface area contributed by atoms with Gasteiger partial charge in [0.2, 0.25) is 0 Å². The molecule has 0 aromatic carbocycles. The Bertz CT molecular complexity index is 238. The normalized spacial score (nSPS) is 33.4. The van der Waals surface area contributed by atoms with Crippen LogP contribution in [-0.2, 0) is 4.79 Å². The van der Waals surface area contributed by atoms with E-state index in [1.807, 2.05) is 0 Å². The van der Waals surface area contributed by atoms with E-state index in [1.54, 1.807) is 0 Å². The van der Waals surface area contributed by atoms with Crippen molar-refractivity contribution < 1.29 is 4.79 Å². The van der Waals surface area contributed by atoms with Gasteiger partial charge < -0.3 is 10.1 Å². The number of hydrogen-bond acceptors (Lipinski definition) is 4. The van der Waals surface area contributed by atoms with Gasteiger partial charge in [-0.15, -0.1) is 0 Å². The van der Waals surface area contributed by atoms with E-state index in [9.17, 15) is 4.79 Å². The van der Waals surface area contributed by atoms with Crippen LogP contribution in [0.2, 0.25) is 0 Å². The minimum Gasteiger partial charge on any atom is -0.315 e. The molecule has 2 aliphatic heterocycles. The lowest BCUT2D eigenvalue weighted by Crippen LogP contribution is -2.52. The van der Waals surface area contributed by atoms with E-state index in [-0.39, 0.29) is 6.17 Å². The van der Waals surface area contributed by atoms with Crippen LogP contribution in [-0.4, -0.2) is 60.5 Å². The molecule has 0 bridgehead atoms. The molecule has 92 valence electrons. The van der Waals surface area contributed by atoms with Crippen molar-refractivity contribution in [3.63, 3.8) is 0 Å². The van der Waals surface area contributed by atoms with E-state index in [2.05, 4.69) is 29.0 Å². The zero-order valence-corrected chi connectivity index (χ0v) is 10.4. The fourth-order valence-electron chi connectivity index (χ4n) is 2.92. The number of piperidine rings is 1. The van der Waals surface area contributed by atoms with E-state index in [1.165, 1.54) is 12.8 Å². The molecular formula is C12H23N3O. The molecule has 2 atom stereocenters. The molecule has 4 heteroatoms. The predicted octanol–water partition coefficient (Wildman–Crippen LogP) is 0.289. The van der Waals surface area contributed by atoms with Gasteiger partial charge in [0, 0.05) is 31.7 Å². The van der Waals surface area contributed by atoms with Crippen LogP contribution < -0.4 is 5.32 Å². The Kier molecular flexibility index (Phi) is 3.95. The van der Waals surface area contributed by atoms with Crippen LogP contribution in [0.4, 0.5) is 0 Å². The monoisotopic (exact) mass is 225 g/mol. The first-order chi connectivity index (χ1) is 7.74. The van der Waals surface area contributed by atoms with Crippen molar-refractivity contribution in [3.8, 4) is 0 Å². The summed E-state index contributed by atoms with van der Waals surface area (Å²) in [5.41, 5.74) is 0. The summed E-state index contributed by atoms with van der Waals surface area (Å²) in [6, 6.07) is 1.00. The third kappa shape index (κ3) is 2.29. The smallest absolute Gasteiger partial charge is 0.151 e. The molecule has 2 saturated heterocycles. The van der Waals surface area contributed by atoms with Crippen molar-refractivity contribution in [1.82, 2.24) is 15.1 Å². The van der Waals surface area contributed by atoms with E-state index in [4.69, 9.17) is 0 Å². The summed E-state index contributed by atoms with van der Waals surface area (Å²) in [6.45, 7) is 8.56. The van der Waals surface area contributed by atoms with Gasteiger partial charge in [-0.05, 0) is 33.2 Å². The van der Waals surface area contributed by atoms with Gasteiger partial charge >= 0.3 is 0 Å². The summed E-state index contributed by atoms with van der Waals surface area (Å²) in [7, 11) is 0. The molecule has 2 heterocycles. The zero-order chi connectivity index (χ0) is 11.5. The van der Waals surface area contributed by atoms with Crippen LogP contribution in [0.15, 0.2) is 0 Å². The molecule has 0 spiro atoms. The molecule has 2 fully saturated rings. The molecule has 0 aliphatic carbocycles. The Morgan fingerprint density at radius 2 is 2.19 bits per heavy atom. The van der Waals surface area contributed by atoms with Crippen molar-refractivity contribution in [2.24, 2.45) is 0 Å². The predicted molar refractivity (Wildman–Crippen MR) is 64.3 cm³/mol. The Labute approximate surface area is 98.0 Å². The van der Waals surface area contributed by atoms with Crippen LogP contribution in [0.25, 0.3) is 0 Å². The molecule has 2 rings (SSSR count). The molecule has 2 aliphatic rings. The molecule has 0 aromatic rings. The molecule has 1 N–H and O–H groups in total. The standard InChI is InChI=1S/C12H23N3O/c1-10(2)14-6-7-15(12(14)9-16)11-4-3-5-13-8-11/h9-13H,3-8H2,1-2H3. The summed E-state index contributed by atoms with van der Waals surface area (Å²) in [4.78, 5) is 15.9. The lowest BCUT2D eigenvalue weighted by atomic mass is 10.1. The van der Waals surface area contributed by atoms with Crippen molar-refractivity contribution >= 4 is 6.29 Å². The van der Waals surface area contributed by atoms with Crippen LogP contribution in [0, 0.1) is 0 Å². The molecule has 0 aromatic heterocycles.